The van der Waals surface area contributed by atoms with E-state index in [2.05, 4.69) is 41.2 Å². The number of ether oxygens (including phenoxy) is 3. The van der Waals surface area contributed by atoms with E-state index in [0.29, 0.717) is 73.2 Å². The predicted molar refractivity (Wildman–Crippen MR) is 277 cm³/mol. The Balaban J connectivity index is 0.811. The van der Waals surface area contributed by atoms with Crippen molar-refractivity contribution in [3.05, 3.63) is 135 Å². The minimum Gasteiger partial charge on any atom is -0.422 e. The van der Waals surface area contributed by atoms with E-state index in [-0.39, 0.29) is 88.0 Å². The molecule has 0 fully saturated rings. The van der Waals surface area contributed by atoms with Gasteiger partial charge in [-0.25, -0.2) is 14.8 Å². The van der Waals surface area contributed by atoms with Crippen LogP contribution in [-0.2, 0) is 37.5 Å². The molecule has 7 aromatic rings. The lowest BCUT2D eigenvalue weighted by atomic mass is 10.0. The van der Waals surface area contributed by atoms with Gasteiger partial charge in [-0.15, -0.1) is 0 Å². The summed E-state index contributed by atoms with van der Waals surface area (Å²) in [6, 6.07) is 23.8. The molecule has 0 spiro atoms. The van der Waals surface area contributed by atoms with Gasteiger partial charge in [0.25, 0.3) is 27.5 Å². The molecule has 0 bridgehead atoms. The van der Waals surface area contributed by atoms with Crippen LogP contribution >= 0.6 is 0 Å². The minimum atomic E-state index is -4.15. The SMILES string of the molecule is CCCCC(NC(=O)c1ccc(NCc2cnc3nc(N)[nH]c(=O)c3n2)cc1)C(=O)NCCOCCOCCNC(=O)c1cc(C)c(OC(=O)c2c3ccccc3[n+](CCCS(=O)(=O)O)c3ccccc23)c(C)c1. The van der Waals surface area contributed by atoms with Crippen molar-refractivity contribution in [2.24, 2.45) is 0 Å². The number of carbonyl (C=O) groups is 4. The van der Waals surface area contributed by atoms with Gasteiger partial charge in [-0.05, 0) is 79.9 Å². The number of aromatic amines is 1. The lowest BCUT2D eigenvalue weighted by Crippen LogP contribution is -2.47. The average Bonchev–Trinajstić information content (AvgIpc) is 3.37. The van der Waals surface area contributed by atoms with Crippen LogP contribution in [0, 0.1) is 13.8 Å². The van der Waals surface area contributed by atoms with Crippen molar-refractivity contribution in [2.75, 3.05) is 56.3 Å². The van der Waals surface area contributed by atoms with E-state index in [9.17, 15) is 36.9 Å². The van der Waals surface area contributed by atoms with Crippen molar-refractivity contribution in [1.82, 2.24) is 35.9 Å². The van der Waals surface area contributed by atoms with E-state index in [1.807, 2.05) is 35.8 Å². The van der Waals surface area contributed by atoms with E-state index in [1.165, 1.54) is 6.20 Å². The number of H-pyrrole nitrogens is 1. The van der Waals surface area contributed by atoms with E-state index >= 15 is 0 Å². The molecule has 4 aromatic carbocycles. The normalized spacial score (nSPS) is 11.9. The molecule has 7 rings (SSSR count). The molecule has 0 aliphatic rings. The van der Waals surface area contributed by atoms with Crippen LogP contribution in [0.1, 0.15) is 80.5 Å². The summed E-state index contributed by atoms with van der Waals surface area (Å²) >= 11 is 0. The Bertz CT molecular complexity index is 3270. The van der Waals surface area contributed by atoms with Gasteiger partial charge < -0.3 is 41.2 Å². The third kappa shape index (κ3) is 14.2. The maximum atomic E-state index is 14.1. The minimum absolute atomic E-state index is 0.0456. The van der Waals surface area contributed by atoms with Gasteiger partial charge in [0, 0.05) is 48.5 Å². The third-order valence-electron chi connectivity index (χ3n) is 11.9. The highest BCUT2D eigenvalue weighted by Crippen LogP contribution is 2.30. The number of anilines is 2. The van der Waals surface area contributed by atoms with Crippen LogP contribution in [0.5, 0.6) is 5.75 Å². The number of pyridine rings is 1. The first-order valence-corrected chi connectivity index (χ1v) is 25.7. The van der Waals surface area contributed by atoms with Crippen LogP contribution in [-0.4, -0.2) is 108 Å². The Morgan fingerprint density at radius 1 is 0.811 bits per heavy atom. The number of esters is 1. The van der Waals surface area contributed by atoms with Crippen LogP contribution in [0.25, 0.3) is 33.0 Å². The molecule has 21 nitrogen and oxygen atoms in total. The van der Waals surface area contributed by atoms with Gasteiger partial charge >= 0.3 is 5.97 Å². The Morgan fingerprint density at radius 3 is 2.08 bits per heavy atom. The average molecular weight is 1030 g/mol. The Labute approximate surface area is 426 Å². The molecular weight excluding hydrogens is 973 g/mol. The molecule has 388 valence electrons. The number of amides is 3. The fourth-order valence-electron chi connectivity index (χ4n) is 8.30. The number of hydrogen-bond acceptors (Lipinski definition) is 15. The Morgan fingerprint density at radius 2 is 1.45 bits per heavy atom. The van der Waals surface area contributed by atoms with Crippen molar-refractivity contribution in [1.29, 1.82) is 0 Å². The monoisotopic (exact) mass is 1030 g/mol. The number of para-hydroxylation sites is 2. The Hall–Kier alpha value is -7.92. The van der Waals surface area contributed by atoms with Gasteiger partial charge in [-0.2, -0.15) is 18.0 Å². The van der Waals surface area contributed by atoms with Gasteiger partial charge in [-0.1, -0.05) is 44.0 Å². The van der Waals surface area contributed by atoms with Crippen LogP contribution in [0.3, 0.4) is 0 Å². The van der Waals surface area contributed by atoms with Gasteiger partial charge in [0.05, 0.1) is 67.0 Å². The number of aryl methyl sites for hydroxylation is 3. The van der Waals surface area contributed by atoms with E-state index in [1.54, 1.807) is 74.5 Å². The standard InChI is InChI=1S/C52H58N10O11S/c1-4-5-13-40(59-48(64)34-16-18-36(19-17-34)56-30-37-31-57-46-44(58-37)50(66)61-52(53)60-46)49(65)55-21-24-72-26-25-71-23-20-54-47(63)35-28-32(2)45(33(3)29-35)73-51(67)43-38-11-6-8-14-41(38)62(22-10-27-74(68,69)70)42-15-9-7-12-39(42)43/h6-9,11-12,14-19,28-29,31,40H,4-5,10,13,20-27,30H2,1-3H3,(H7-,53,54,55,56,57,59,60,61,63,64,65,66,68,69,70)/p+1. The number of hydrogen-bond donors (Lipinski definition) is 7. The van der Waals surface area contributed by atoms with Crippen molar-refractivity contribution in [3.63, 3.8) is 0 Å². The van der Waals surface area contributed by atoms with Crippen molar-refractivity contribution in [3.8, 4) is 5.75 Å². The number of nitrogens with two attached hydrogens (primary N) is 1. The first kappa shape index (κ1) is 53.9. The molecule has 1 atom stereocenters. The van der Waals surface area contributed by atoms with Crippen LogP contribution in [0.2, 0.25) is 0 Å². The highest BCUT2D eigenvalue weighted by molar-refractivity contribution is 7.85. The highest BCUT2D eigenvalue weighted by atomic mass is 32.2. The molecule has 3 amide bonds. The van der Waals surface area contributed by atoms with Gasteiger partial charge in [0.15, 0.2) is 17.7 Å². The molecule has 0 radical (unpaired) electrons. The highest BCUT2D eigenvalue weighted by Gasteiger charge is 2.27. The van der Waals surface area contributed by atoms with Crippen LogP contribution < -0.4 is 41.9 Å². The summed E-state index contributed by atoms with van der Waals surface area (Å²) in [5, 5.41) is 12.9. The summed E-state index contributed by atoms with van der Waals surface area (Å²) in [5.41, 5.74) is 10.1. The van der Waals surface area contributed by atoms with Crippen LogP contribution in [0.15, 0.2) is 95.9 Å². The number of fused-ring (bicyclic) bond motifs is 3. The Kier molecular flexibility index (Phi) is 18.3. The zero-order valence-electron chi connectivity index (χ0n) is 41.2. The quantitative estimate of drug-likeness (QED) is 0.0104. The van der Waals surface area contributed by atoms with Crippen molar-refractivity contribution >= 4 is 78.4 Å². The summed E-state index contributed by atoms with van der Waals surface area (Å²) in [6.07, 6.45) is 3.68. The van der Waals surface area contributed by atoms with Gasteiger partial charge in [-0.3, -0.25) is 28.7 Å². The summed E-state index contributed by atoms with van der Waals surface area (Å²) in [7, 11) is -4.15. The molecule has 3 heterocycles. The molecule has 1 unspecified atom stereocenters. The molecule has 0 aliphatic heterocycles. The molecular formula is C52H59N10O11S+. The number of nitrogen functional groups attached to an aromatic ring is 1. The lowest BCUT2D eigenvalue weighted by molar-refractivity contribution is -0.645. The van der Waals surface area contributed by atoms with E-state index in [4.69, 9.17) is 19.9 Å². The summed E-state index contributed by atoms with van der Waals surface area (Å²) in [6.45, 7) is 7.41. The zero-order valence-corrected chi connectivity index (χ0v) is 42.1. The first-order chi connectivity index (χ1) is 35.6. The van der Waals surface area contributed by atoms with Crippen molar-refractivity contribution < 1.29 is 50.9 Å². The van der Waals surface area contributed by atoms with Crippen LogP contribution in [0.4, 0.5) is 11.6 Å². The number of carbonyl (C=O) groups excluding carboxylic acids is 4. The fraction of sp³-hybridized carbons (Fsp3) is 0.327. The first-order valence-electron chi connectivity index (χ1n) is 24.1. The number of benzene rings is 4. The smallest absolute Gasteiger partial charge is 0.345 e. The number of nitrogens with zero attached hydrogens (tertiary/aromatic N) is 4. The third-order valence-corrected chi connectivity index (χ3v) is 12.7. The van der Waals surface area contributed by atoms with Crippen molar-refractivity contribution in [2.45, 2.75) is 65.6 Å². The van der Waals surface area contributed by atoms with E-state index < -0.39 is 39.3 Å². The molecule has 74 heavy (non-hydrogen) atoms. The molecule has 8 N–H and O–H groups in total. The summed E-state index contributed by atoms with van der Waals surface area (Å²) in [4.78, 5) is 80.6. The zero-order chi connectivity index (χ0) is 52.8. The topological polar surface area (TPSA) is 300 Å². The fourth-order valence-corrected chi connectivity index (χ4v) is 8.80. The molecule has 0 saturated carbocycles. The summed E-state index contributed by atoms with van der Waals surface area (Å²) in [5.74, 6) is -1.78. The molecule has 0 aliphatic carbocycles. The second-order valence-electron chi connectivity index (χ2n) is 17.4. The van der Waals surface area contributed by atoms with Gasteiger partial charge in [0.2, 0.25) is 22.9 Å². The number of nitrogens with one attached hydrogen (secondary N) is 5. The maximum Gasteiger partial charge on any atom is 0.345 e. The summed E-state index contributed by atoms with van der Waals surface area (Å²) < 4.78 is 51.5. The second-order valence-corrected chi connectivity index (χ2v) is 19.0. The molecule has 0 saturated heterocycles. The molecule has 3 aromatic heterocycles. The number of unbranched alkanes of at least 4 members (excludes halogenated alkanes) is 1. The molecule has 22 heteroatoms. The number of aromatic nitrogens is 5. The number of rotatable bonds is 25. The van der Waals surface area contributed by atoms with Gasteiger partial charge in [0.1, 0.15) is 11.8 Å². The van der Waals surface area contributed by atoms with E-state index in [0.717, 1.165) is 12.8 Å². The lowest BCUT2D eigenvalue weighted by Gasteiger charge is -2.18. The predicted octanol–water partition coefficient (Wildman–Crippen LogP) is 4.48. The second kappa shape index (κ2) is 25.2. The maximum absolute atomic E-state index is 14.1. The largest absolute Gasteiger partial charge is 0.422 e.